The highest BCUT2D eigenvalue weighted by atomic mass is 15.3. The molecule has 0 aliphatic carbocycles. The van der Waals surface area contributed by atoms with Gasteiger partial charge in [-0.3, -0.25) is 4.90 Å². The molecule has 0 atom stereocenters. The Labute approximate surface area is 213 Å². The zero-order valence-electron chi connectivity index (χ0n) is 21.2. The van der Waals surface area contributed by atoms with Crippen LogP contribution in [0.15, 0.2) is 66.7 Å². The number of aromatic amines is 1. The maximum Gasteiger partial charge on any atom is 0.121 e. The molecule has 0 bridgehead atoms. The topological polar surface area (TPSA) is 59.0 Å². The monoisotopic (exact) mass is 475 g/mol. The number of hydrogen-bond acceptors (Lipinski definition) is 4. The van der Waals surface area contributed by atoms with Gasteiger partial charge in [0.25, 0.3) is 0 Å². The third kappa shape index (κ3) is 4.01. The second-order valence-corrected chi connectivity index (χ2v) is 10.6. The smallest absolute Gasteiger partial charge is 0.121 e. The minimum atomic E-state index is 0.0188. The van der Waals surface area contributed by atoms with Crippen LogP contribution in [0.2, 0.25) is 0 Å². The molecule has 1 saturated heterocycles. The molecule has 3 heterocycles. The molecule has 1 fully saturated rings. The molecule has 0 saturated carbocycles. The van der Waals surface area contributed by atoms with Gasteiger partial charge in [0, 0.05) is 31.2 Å². The van der Waals surface area contributed by atoms with Crippen molar-refractivity contribution in [2.45, 2.75) is 51.2 Å². The first-order valence-corrected chi connectivity index (χ1v) is 13.1. The van der Waals surface area contributed by atoms with Gasteiger partial charge in [-0.25, -0.2) is 4.98 Å². The largest absolute Gasteiger partial charge is 0.341 e. The molecule has 1 aromatic heterocycles. The van der Waals surface area contributed by atoms with E-state index in [1.54, 1.807) is 0 Å². The standard InChI is InChI=1S/C31H33N5/c1-22(2)35-16-13-31(14-17-35)27-11-10-25(24-7-5-6-23(18-24)20-32)19-26(27)12-15-36(31)21-30-33-28-8-3-4-9-29(28)34-30/h3-11,18-19,22H,12-17,21H2,1-2H3,(H,33,34). The number of hydrogen-bond donors (Lipinski definition) is 1. The van der Waals surface area contributed by atoms with Crippen LogP contribution in [0.5, 0.6) is 0 Å². The Morgan fingerprint density at radius 2 is 1.78 bits per heavy atom. The summed E-state index contributed by atoms with van der Waals surface area (Å²) in [5.74, 6) is 1.05. The fourth-order valence-electron chi connectivity index (χ4n) is 6.33. The van der Waals surface area contributed by atoms with Crippen molar-refractivity contribution in [2.75, 3.05) is 19.6 Å². The van der Waals surface area contributed by atoms with Gasteiger partial charge in [0.2, 0.25) is 0 Å². The van der Waals surface area contributed by atoms with E-state index in [2.05, 4.69) is 83.2 Å². The summed E-state index contributed by atoms with van der Waals surface area (Å²) in [4.78, 5) is 13.8. The number of aromatic nitrogens is 2. The molecule has 5 nitrogen and oxygen atoms in total. The molecule has 0 unspecified atom stereocenters. The Hall–Kier alpha value is -3.46. The van der Waals surface area contributed by atoms with Gasteiger partial charge in [-0.15, -0.1) is 0 Å². The second kappa shape index (κ2) is 9.20. The summed E-state index contributed by atoms with van der Waals surface area (Å²) >= 11 is 0. The molecule has 4 aromatic rings. The first kappa shape index (κ1) is 23.0. The minimum absolute atomic E-state index is 0.0188. The van der Waals surface area contributed by atoms with Gasteiger partial charge in [-0.05, 0) is 79.6 Å². The second-order valence-electron chi connectivity index (χ2n) is 10.6. The molecule has 36 heavy (non-hydrogen) atoms. The van der Waals surface area contributed by atoms with E-state index in [0.717, 1.165) is 67.9 Å². The molecule has 1 N–H and O–H groups in total. The van der Waals surface area contributed by atoms with E-state index in [1.165, 1.54) is 16.7 Å². The van der Waals surface area contributed by atoms with E-state index in [-0.39, 0.29) is 5.54 Å². The number of nitriles is 1. The summed E-state index contributed by atoms with van der Waals surface area (Å²) in [6.45, 7) is 8.69. The fraction of sp³-hybridized carbons (Fsp3) is 0.355. The average molecular weight is 476 g/mol. The number of likely N-dealkylation sites (tertiary alicyclic amines) is 1. The predicted molar refractivity (Wildman–Crippen MR) is 144 cm³/mol. The summed E-state index contributed by atoms with van der Waals surface area (Å²) in [7, 11) is 0. The maximum atomic E-state index is 9.36. The molecular formula is C31H33N5. The van der Waals surface area contributed by atoms with Crippen molar-refractivity contribution < 1.29 is 0 Å². The first-order chi connectivity index (χ1) is 17.6. The van der Waals surface area contributed by atoms with Crippen molar-refractivity contribution >= 4 is 11.0 Å². The number of nitrogens with zero attached hydrogens (tertiary/aromatic N) is 4. The van der Waals surface area contributed by atoms with E-state index in [0.29, 0.717) is 11.6 Å². The third-order valence-corrected chi connectivity index (χ3v) is 8.32. The predicted octanol–water partition coefficient (Wildman–Crippen LogP) is 5.86. The summed E-state index contributed by atoms with van der Waals surface area (Å²) in [6.07, 6.45) is 3.28. The number of para-hydroxylation sites is 2. The number of imidazole rings is 1. The summed E-state index contributed by atoms with van der Waals surface area (Å²) in [5.41, 5.74) is 8.12. The maximum absolute atomic E-state index is 9.36. The Morgan fingerprint density at radius 1 is 0.972 bits per heavy atom. The molecule has 182 valence electrons. The third-order valence-electron chi connectivity index (χ3n) is 8.32. The van der Waals surface area contributed by atoms with Crippen LogP contribution >= 0.6 is 0 Å². The van der Waals surface area contributed by atoms with Crippen LogP contribution < -0.4 is 0 Å². The van der Waals surface area contributed by atoms with Crippen molar-refractivity contribution in [1.29, 1.82) is 5.26 Å². The lowest BCUT2D eigenvalue weighted by Gasteiger charge is -2.53. The van der Waals surface area contributed by atoms with E-state index < -0.39 is 0 Å². The van der Waals surface area contributed by atoms with Crippen LogP contribution in [0.3, 0.4) is 0 Å². The fourth-order valence-corrected chi connectivity index (χ4v) is 6.33. The molecular weight excluding hydrogens is 442 g/mol. The SMILES string of the molecule is CC(C)N1CCC2(CC1)c1ccc(-c3cccc(C#N)c3)cc1CCN2Cc1nc2ccccc2[nH]1. The Morgan fingerprint density at radius 3 is 2.56 bits per heavy atom. The molecule has 0 radical (unpaired) electrons. The molecule has 2 aliphatic heterocycles. The lowest BCUT2D eigenvalue weighted by atomic mass is 9.73. The van der Waals surface area contributed by atoms with E-state index in [1.807, 2.05) is 18.2 Å². The highest BCUT2D eigenvalue weighted by Gasteiger charge is 2.45. The molecule has 2 aliphatic rings. The van der Waals surface area contributed by atoms with Gasteiger partial charge in [-0.1, -0.05) is 42.5 Å². The van der Waals surface area contributed by atoms with Crippen LogP contribution in [0.4, 0.5) is 0 Å². The number of fused-ring (bicyclic) bond motifs is 3. The number of piperidine rings is 1. The number of rotatable bonds is 4. The van der Waals surface area contributed by atoms with Crippen LogP contribution in [-0.2, 0) is 18.5 Å². The van der Waals surface area contributed by atoms with Gasteiger partial charge in [0.15, 0.2) is 0 Å². The number of benzene rings is 3. The van der Waals surface area contributed by atoms with Crippen LogP contribution in [0, 0.1) is 11.3 Å². The number of H-pyrrole nitrogens is 1. The Balaban J connectivity index is 1.37. The van der Waals surface area contributed by atoms with Gasteiger partial charge < -0.3 is 9.88 Å². The number of nitrogens with one attached hydrogen (secondary N) is 1. The minimum Gasteiger partial charge on any atom is -0.341 e. The molecule has 0 amide bonds. The van der Waals surface area contributed by atoms with Crippen molar-refractivity contribution in [3.8, 4) is 17.2 Å². The zero-order valence-corrected chi connectivity index (χ0v) is 21.2. The first-order valence-electron chi connectivity index (χ1n) is 13.1. The lowest BCUT2D eigenvalue weighted by molar-refractivity contribution is -0.00588. The highest BCUT2D eigenvalue weighted by molar-refractivity contribution is 5.74. The molecule has 3 aromatic carbocycles. The van der Waals surface area contributed by atoms with Gasteiger partial charge in [0.05, 0.1) is 29.2 Å². The van der Waals surface area contributed by atoms with E-state index in [4.69, 9.17) is 4.98 Å². The lowest BCUT2D eigenvalue weighted by Crippen LogP contribution is -2.56. The van der Waals surface area contributed by atoms with Crippen LogP contribution in [0.25, 0.3) is 22.2 Å². The average Bonchev–Trinajstić information content (AvgIpc) is 3.33. The summed E-state index contributed by atoms with van der Waals surface area (Å²) in [5, 5.41) is 9.36. The van der Waals surface area contributed by atoms with Crippen LogP contribution in [0.1, 0.15) is 49.2 Å². The van der Waals surface area contributed by atoms with Gasteiger partial charge in [-0.2, -0.15) is 5.26 Å². The quantitative estimate of drug-likeness (QED) is 0.402. The molecule has 5 heteroatoms. The van der Waals surface area contributed by atoms with E-state index in [9.17, 15) is 5.26 Å². The molecule has 6 rings (SSSR count). The summed E-state index contributed by atoms with van der Waals surface area (Å²) in [6, 6.07) is 26.1. The zero-order chi connectivity index (χ0) is 24.7. The van der Waals surface area contributed by atoms with Crippen molar-refractivity contribution in [2.24, 2.45) is 0 Å². The van der Waals surface area contributed by atoms with Crippen molar-refractivity contribution in [1.82, 2.24) is 19.8 Å². The van der Waals surface area contributed by atoms with Crippen molar-refractivity contribution in [3.63, 3.8) is 0 Å². The van der Waals surface area contributed by atoms with E-state index >= 15 is 0 Å². The molecule has 1 spiro atoms. The Bertz CT molecular complexity index is 1400. The van der Waals surface area contributed by atoms with Crippen molar-refractivity contribution in [3.05, 3.63) is 89.2 Å². The normalized spacial score (nSPS) is 17.9. The Kier molecular flexibility index (Phi) is 5.87. The van der Waals surface area contributed by atoms with Gasteiger partial charge in [0.1, 0.15) is 5.82 Å². The summed E-state index contributed by atoms with van der Waals surface area (Å²) < 4.78 is 0. The van der Waals surface area contributed by atoms with Crippen LogP contribution in [-0.4, -0.2) is 45.4 Å². The highest BCUT2D eigenvalue weighted by Crippen LogP contribution is 2.45. The van der Waals surface area contributed by atoms with Gasteiger partial charge >= 0.3 is 0 Å².